The van der Waals surface area contributed by atoms with Crippen LogP contribution >= 0.6 is 0 Å². The van der Waals surface area contributed by atoms with Crippen LogP contribution in [0.15, 0.2) is 23.2 Å². The number of hydrogen-bond donors (Lipinski definition) is 3. The van der Waals surface area contributed by atoms with E-state index in [1.165, 1.54) is 6.07 Å². The van der Waals surface area contributed by atoms with Crippen LogP contribution in [-0.2, 0) is 13.1 Å². The Balaban J connectivity index is 2.00. The molecule has 5 nitrogen and oxygen atoms in total. The Kier molecular flexibility index (Phi) is 7.65. The van der Waals surface area contributed by atoms with Gasteiger partial charge in [-0.25, -0.2) is 9.38 Å². The zero-order valence-electron chi connectivity index (χ0n) is 15.6. The molecule has 1 fully saturated rings. The van der Waals surface area contributed by atoms with Crippen molar-refractivity contribution < 1.29 is 9.50 Å². The lowest BCUT2D eigenvalue weighted by molar-refractivity contribution is 0.120. The molecule has 2 rings (SSSR count). The SMILES string of the molecule is CCNC(=NCc1ccc(F)c(CN(C)C)c1)NC1CCC(O)CC1. The molecule has 6 heteroatoms. The third-order valence-corrected chi connectivity index (χ3v) is 4.40. The molecule has 0 amide bonds. The summed E-state index contributed by atoms with van der Waals surface area (Å²) in [7, 11) is 3.86. The number of guanidine groups is 1. The van der Waals surface area contributed by atoms with Crippen molar-refractivity contribution in [3.8, 4) is 0 Å². The second kappa shape index (κ2) is 9.73. The smallest absolute Gasteiger partial charge is 0.191 e. The average molecular weight is 350 g/mol. The van der Waals surface area contributed by atoms with Crippen LogP contribution in [-0.4, -0.2) is 48.8 Å². The van der Waals surface area contributed by atoms with E-state index in [0.29, 0.717) is 24.7 Å². The van der Waals surface area contributed by atoms with Gasteiger partial charge in [0.15, 0.2) is 5.96 Å². The molecule has 0 spiro atoms. The van der Waals surface area contributed by atoms with E-state index in [2.05, 4.69) is 15.6 Å². The minimum absolute atomic E-state index is 0.160. The van der Waals surface area contributed by atoms with Crippen molar-refractivity contribution in [3.63, 3.8) is 0 Å². The van der Waals surface area contributed by atoms with Gasteiger partial charge in [-0.15, -0.1) is 0 Å². The van der Waals surface area contributed by atoms with Crippen molar-refractivity contribution >= 4 is 5.96 Å². The molecule has 3 N–H and O–H groups in total. The lowest BCUT2D eigenvalue weighted by atomic mass is 9.93. The fraction of sp³-hybridized carbons (Fsp3) is 0.632. The molecule has 1 aliphatic rings. The van der Waals surface area contributed by atoms with Gasteiger partial charge in [-0.3, -0.25) is 0 Å². The van der Waals surface area contributed by atoms with Crippen molar-refractivity contribution in [1.29, 1.82) is 0 Å². The van der Waals surface area contributed by atoms with Crippen LogP contribution < -0.4 is 10.6 Å². The van der Waals surface area contributed by atoms with Crippen molar-refractivity contribution in [2.24, 2.45) is 4.99 Å². The number of aliphatic imine (C=N–C) groups is 1. The van der Waals surface area contributed by atoms with Crippen molar-refractivity contribution in [3.05, 3.63) is 35.1 Å². The predicted octanol–water partition coefficient (Wildman–Crippen LogP) is 2.25. The highest BCUT2D eigenvalue weighted by Gasteiger charge is 2.19. The Labute approximate surface area is 150 Å². The molecule has 1 aromatic carbocycles. The monoisotopic (exact) mass is 350 g/mol. The lowest BCUT2D eigenvalue weighted by Gasteiger charge is -2.27. The Bertz CT molecular complexity index is 569. The van der Waals surface area contributed by atoms with E-state index in [-0.39, 0.29) is 11.9 Å². The Morgan fingerprint density at radius 3 is 2.64 bits per heavy atom. The summed E-state index contributed by atoms with van der Waals surface area (Å²) in [6.45, 7) is 3.91. The quantitative estimate of drug-likeness (QED) is 0.544. The van der Waals surface area contributed by atoms with E-state index in [0.717, 1.165) is 43.8 Å². The molecule has 0 atom stereocenters. The van der Waals surface area contributed by atoms with Gasteiger partial charge in [0.1, 0.15) is 5.82 Å². The van der Waals surface area contributed by atoms with Gasteiger partial charge in [-0.1, -0.05) is 6.07 Å². The maximum atomic E-state index is 13.9. The van der Waals surface area contributed by atoms with Crippen LogP contribution in [0.3, 0.4) is 0 Å². The van der Waals surface area contributed by atoms with Crippen molar-refractivity contribution in [2.75, 3.05) is 20.6 Å². The highest BCUT2D eigenvalue weighted by atomic mass is 19.1. The number of benzene rings is 1. The summed E-state index contributed by atoms with van der Waals surface area (Å²) in [6, 6.07) is 5.54. The summed E-state index contributed by atoms with van der Waals surface area (Å²) in [5.41, 5.74) is 1.69. The third-order valence-electron chi connectivity index (χ3n) is 4.40. The molecule has 1 aliphatic carbocycles. The zero-order chi connectivity index (χ0) is 18.2. The van der Waals surface area contributed by atoms with Crippen LogP contribution in [0.25, 0.3) is 0 Å². The number of nitrogens with one attached hydrogen (secondary N) is 2. The molecule has 0 unspecified atom stereocenters. The highest BCUT2D eigenvalue weighted by Crippen LogP contribution is 2.18. The number of aliphatic hydroxyl groups is 1. The second-order valence-electron chi connectivity index (χ2n) is 7.01. The van der Waals surface area contributed by atoms with Crippen LogP contribution in [0.4, 0.5) is 4.39 Å². The predicted molar refractivity (Wildman–Crippen MR) is 100 cm³/mol. The van der Waals surface area contributed by atoms with E-state index >= 15 is 0 Å². The highest BCUT2D eigenvalue weighted by molar-refractivity contribution is 5.80. The molecule has 140 valence electrons. The summed E-state index contributed by atoms with van der Waals surface area (Å²) < 4.78 is 13.9. The largest absolute Gasteiger partial charge is 0.393 e. The van der Waals surface area contributed by atoms with Gasteiger partial charge < -0.3 is 20.6 Å². The molecule has 0 radical (unpaired) electrons. The standard InChI is InChI=1S/C19H31FN4O/c1-4-21-19(23-16-6-8-17(25)9-7-16)22-12-14-5-10-18(20)15(11-14)13-24(2)3/h5,10-11,16-17,25H,4,6-9,12-13H2,1-3H3,(H2,21,22,23). The summed E-state index contributed by atoms with van der Waals surface area (Å²) >= 11 is 0. The van der Waals surface area contributed by atoms with Gasteiger partial charge in [0.05, 0.1) is 12.6 Å². The van der Waals surface area contributed by atoms with E-state index in [1.807, 2.05) is 32.0 Å². The zero-order valence-corrected chi connectivity index (χ0v) is 15.6. The van der Waals surface area contributed by atoms with Gasteiger partial charge in [0.25, 0.3) is 0 Å². The number of aliphatic hydroxyl groups excluding tert-OH is 1. The maximum absolute atomic E-state index is 13.9. The molecule has 25 heavy (non-hydrogen) atoms. The van der Waals surface area contributed by atoms with Crippen LogP contribution in [0.5, 0.6) is 0 Å². The first-order valence-electron chi connectivity index (χ1n) is 9.13. The van der Waals surface area contributed by atoms with E-state index in [9.17, 15) is 9.50 Å². The topological polar surface area (TPSA) is 59.9 Å². The summed E-state index contributed by atoms with van der Waals surface area (Å²) in [5, 5.41) is 16.3. The fourth-order valence-electron chi connectivity index (χ4n) is 3.09. The summed E-state index contributed by atoms with van der Waals surface area (Å²) in [6.07, 6.45) is 3.42. The molecule has 0 aromatic heterocycles. The average Bonchev–Trinajstić information content (AvgIpc) is 2.57. The molecule has 0 aliphatic heterocycles. The number of rotatable bonds is 6. The van der Waals surface area contributed by atoms with Crippen LogP contribution in [0, 0.1) is 5.82 Å². The van der Waals surface area contributed by atoms with Gasteiger partial charge in [0, 0.05) is 24.7 Å². The lowest BCUT2D eigenvalue weighted by Crippen LogP contribution is -2.45. The first-order chi connectivity index (χ1) is 12.0. The molecule has 1 aromatic rings. The van der Waals surface area contributed by atoms with Crippen LogP contribution in [0.1, 0.15) is 43.7 Å². The molecule has 0 saturated heterocycles. The molecule has 1 saturated carbocycles. The Morgan fingerprint density at radius 2 is 2.00 bits per heavy atom. The Hall–Kier alpha value is -1.66. The molecular formula is C19H31FN4O. The molecular weight excluding hydrogens is 319 g/mol. The number of halogens is 1. The first-order valence-corrected chi connectivity index (χ1v) is 9.13. The van der Waals surface area contributed by atoms with Gasteiger partial charge in [-0.05, 0) is 64.4 Å². The summed E-state index contributed by atoms with van der Waals surface area (Å²) in [4.78, 5) is 6.60. The fourth-order valence-corrected chi connectivity index (χ4v) is 3.09. The number of nitrogens with zero attached hydrogens (tertiary/aromatic N) is 2. The summed E-state index contributed by atoms with van der Waals surface area (Å²) in [5.74, 6) is 0.606. The van der Waals surface area contributed by atoms with Gasteiger partial charge in [-0.2, -0.15) is 0 Å². The van der Waals surface area contributed by atoms with E-state index in [1.54, 1.807) is 6.07 Å². The minimum Gasteiger partial charge on any atom is -0.393 e. The maximum Gasteiger partial charge on any atom is 0.191 e. The van der Waals surface area contributed by atoms with E-state index < -0.39 is 0 Å². The minimum atomic E-state index is -0.174. The molecule has 0 bridgehead atoms. The van der Waals surface area contributed by atoms with E-state index in [4.69, 9.17) is 0 Å². The van der Waals surface area contributed by atoms with Crippen molar-refractivity contribution in [1.82, 2.24) is 15.5 Å². The van der Waals surface area contributed by atoms with Crippen molar-refractivity contribution in [2.45, 2.75) is 57.8 Å². The number of hydrogen-bond acceptors (Lipinski definition) is 3. The normalized spacial score (nSPS) is 21.4. The van der Waals surface area contributed by atoms with Gasteiger partial charge >= 0.3 is 0 Å². The van der Waals surface area contributed by atoms with Crippen LogP contribution in [0.2, 0.25) is 0 Å². The second-order valence-corrected chi connectivity index (χ2v) is 7.01. The molecule has 0 heterocycles. The first kappa shape index (κ1) is 19.7. The Morgan fingerprint density at radius 1 is 1.28 bits per heavy atom. The third kappa shape index (κ3) is 6.63. The van der Waals surface area contributed by atoms with Gasteiger partial charge in [0.2, 0.25) is 0 Å².